The number of aromatic nitrogens is 1. The summed E-state index contributed by atoms with van der Waals surface area (Å²) in [5, 5.41) is 6.07. The van der Waals surface area contributed by atoms with Gasteiger partial charge < -0.3 is 10.6 Å². The van der Waals surface area contributed by atoms with Crippen molar-refractivity contribution in [3.05, 3.63) is 28.5 Å². The van der Waals surface area contributed by atoms with E-state index in [-0.39, 0.29) is 11.8 Å². The van der Waals surface area contributed by atoms with Crippen molar-refractivity contribution in [2.45, 2.75) is 20.4 Å². The third-order valence-corrected chi connectivity index (χ3v) is 2.65. The topological polar surface area (TPSA) is 54.0 Å². The van der Waals surface area contributed by atoms with Crippen LogP contribution in [0.3, 0.4) is 0 Å². The number of hydrogen-bond donors (Lipinski definition) is 2. The van der Waals surface area contributed by atoms with E-state index in [9.17, 15) is 4.79 Å². The van der Waals surface area contributed by atoms with Gasteiger partial charge in [-0.25, -0.2) is 4.98 Å². The Labute approximate surface area is 110 Å². The van der Waals surface area contributed by atoms with E-state index in [1.807, 2.05) is 32.0 Å². The largest absolute Gasteiger partial charge is 0.355 e. The highest BCUT2D eigenvalue weighted by Crippen LogP contribution is 2.05. The molecule has 4 nitrogen and oxygen atoms in total. The van der Waals surface area contributed by atoms with Gasteiger partial charge in [-0.1, -0.05) is 19.9 Å². The summed E-state index contributed by atoms with van der Waals surface area (Å²) in [6.45, 7) is 5.86. The van der Waals surface area contributed by atoms with Gasteiger partial charge in [0.2, 0.25) is 5.91 Å². The number of pyridine rings is 1. The van der Waals surface area contributed by atoms with Crippen LogP contribution in [0.2, 0.25) is 0 Å². The molecule has 0 saturated heterocycles. The third-order valence-electron chi connectivity index (χ3n) is 2.20. The zero-order chi connectivity index (χ0) is 12.7. The van der Waals surface area contributed by atoms with Crippen molar-refractivity contribution in [1.29, 1.82) is 0 Å². The molecule has 0 saturated carbocycles. The Kier molecular flexibility index (Phi) is 6.15. The number of nitrogens with zero attached hydrogens (tertiary/aromatic N) is 1. The predicted octanol–water partition coefficient (Wildman–Crippen LogP) is 1.71. The average Bonchev–Trinajstić information content (AvgIpc) is 2.28. The van der Waals surface area contributed by atoms with E-state index >= 15 is 0 Å². The number of carbonyl (C=O) groups is 1. The number of nitrogens with one attached hydrogen (secondary N) is 2. The maximum Gasteiger partial charge on any atom is 0.222 e. The van der Waals surface area contributed by atoms with Gasteiger partial charge >= 0.3 is 0 Å². The Morgan fingerprint density at radius 2 is 2.18 bits per heavy atom. The minimum absolute atomic E-state index is 0.0433. The molecular formula is C12H18BrN3O. The summed E-state index contributed by atoms with van der Waals surface area (Å²) in [6, 6.07) is 5.81. The standard InChI is InChI=1S/C12H18BrN3O/c1-9(2)12(17)15-7-6-14-8-10-4-3-5-11(13)16-10/h3-5,9,14H,6-8H2,1-2H3,(H,15,17). The highest BCUT2D eigenvalue weighted by atomic mass is 79.9. The van der Waals surface area contributed by atoms with E-state index in [4.69, 9.17) is 0 Å². The zero-order valence-electron chi connectivity index (χ0n) is 10.2. The van der Waals surface area contributed by atoms with Crippen molar-refractivity contribution in [1.82, 2.24) is 15.6 Å². The normalized spacial score (nSPS) is 10.6. The molecular weight excluding hydrogens is 282 g/mol. The summed E-state index contributed by atoms with van der Waals surface area (Å²) in [7, 11) is 0. The summed E-state index contributed by atoms with van der Waals surface area (Å²) in [5.41, 5.74) is 0.981. The molecule has 5 heteroatoms. The van der Waals surface area contributed by atoms with E-state index in [1.165, 1.54) is 0 Å². The fraction of sp³-hybridized carbons (Fsp3) is 0.500. The summed E-state index contributed by atoms with van der Waals surface area (Å²) in [5.74, 6) is 0.133. The molecule has 2 N–H and O–H groups in total. The molecule has 0 aliphatic carbocycles. The lowest BCUT2D eigenvalue weighted by Gasteiger charge is -2.08. The molecule has 1 amide bonds. The SMILES string of the molecule is CC(C)C(=O)NCCNCc1cccc(Br)n1. The minimum Gasteiger partial charge on any atom is -0.355 e. The molecule has 0 fully saturated rings. The fourth-order valence-corrected chi connectivity index (χ4v) is 1.62. The van der Waals surface area contributed by atoms with Crippen LogP contribution in [0.15, 0.2) is 22.8 Å². The Bertz CT molecular complexity index is 369. The first-order valence-electron chi connectivity index (χ1n) is 5.69. The Morgan fingerprint density at radius 3 is 2.82 bits per heavy atom. The molecule has 1 rings (SSSR count). The van der Waals surface area contributed by atoms with Gasteiger partial charge in [-0.3, -0.25) is 4.79 Å². The van der Waals surface area contributed by atoms with Crippen LogP contribution in [-0.2, 0) is 11.3 Å². The number of carbonyl (C=O) groups excluding carboxylic acids is 1. The smallest absolute Gasteiger partial charge is 0.222 e. The molecule has 17 heavy (non-hydrogen) atoms. The van der Waals surface area contributed by atoms with Crippen LogP contribution in [0.25, 0.3) is 0 Å². The van der Waals surface area contributed by atoms with Crippen molar-refractivity contribution in [2.24, 2.45) is 5.92 Å². The summed E-state index contributed by atoms with van der Waals surface area (Å²) in [4.78, 5) is 15.6. The van der Waals surface area contributed by atoms with Crippen molar-refractivity contribution in [2.75, 3.05) is 13.1 Å². The molecule has 0 unspecified atom stereocenters. The average molecular weight is 300 g/mol. The van der Waals surface area contributed by atoms with Crippen LogP contribution in [0.5, 0.6) is 0 Å². The predicted molar refractivity (Wildman–Crippen MR) is 71.5 cm³/mol. The van der Waals surface area contributed by atoms with E-state index in [0.717, 1.165) is 16.8 Å². The molecule has 0 aliphatic rings. The second-order valence-electron chi connectivity index (χ2n) is 4.07. The van der Waals surface area contributed by atoms with Gasteiger partial charge in [0.1, 0.15) is 4.60 Å². The third kappa shape index (κ3) is 5.79. The second kappa shape index (κ2) is 7.40. The van der Waals surface area contributed by atoms with E-state index in [1.54, 1.807) is 0 Å². The van der Waals surface area contributed by atoms with Gasteiger partial charge in [0.05, 0.1) is 5.69 Å². The van der Waals surface area contributed by atoms with Crippen LogP contribution >= 0.6 is 15.9 Å². The van der Waals surface area contributed by atoms with Crippen LogP contribution in [-0.4, -0.2) is 24.0 Å². The summed E-state index contributed by atoms with van der Waals surface area (Å²) >= 11 is 3.32. The maximum atomic E-state index is 11.3. The first kappa shape index (κ1) is 14.1. The quantitative estimate of drug-likeness (QED) is 0.621. The number of halogens is 1. The van der Waals surface area contributed by atoms with E-state index < -0.39 is 0 Å². The molecule has 94 valence electrons. The van der Waals surface area contributed by atoms with Crippen LogP contribution < -0.4 is 10.6 Å². The van der Waals surface area contributed by atoms with E-state index in [0.29, 0.717) is 13.1 Å². The minimum atomic E-state index is 0.0433. The Hall–Kier alpha value is -0.940. The highest BCUT2D eigenvalue weighted by molar-refractivity contribution is 9.10. The lowest BCUT2D eigenvalue weighted by Crippen LogP contribution is -2.34. The molecule has 0 radical (unpaired) electrons. The monoisotopic (exact) mass is 299 g/mol. The zero-order valence-corrected chi connectivity index (χ0v) is 11.8. The lowest BCUT2D eigenvalue weighted by molar-refractivity contribution is -0.123. The van der Waals surface area contributed by atoms with Gasteiger partial charge in [-0.15, -0.1) is 0 Å². The number of rotatable bonds is 6. The Balaban J connectivity index is 2.14. The van der Waals surface area contributed by atoms with Gasteiger partial charge in [0.15, 0.2) is 0 Å². The first-order chi connectivity index (χ1) is 8.09. The van der Waals surface area contributed by atoms with Gasteiger partial charge in [0, 0.05) is 25.6 Å². The first-order valence-corrected chi connectivity index (χ1v) is 6.48. The number of amides is 1. The molecule has 1 aromatic heterocycles. The maximum absolute atomic E-state index is 11.3. The summed E-state index contributed by atoms with van der Waals surface area (Å²) < 4.78 is 0.838. The van der Waals surface area contributed by atoms with Gasteiger partial charge in [0.25, 0.3) is 0 Å². The molecule has 0 aromatic carbocycles. The van der Waals surface area contributed by atoms with Crippen LogP contribution in [0.1, 0.15) is 19.5 Å². The molecule has 0 aliphatic heterocycles. The van der Waals surface area contributed by atoms with Crippen molar-refractivity contribution >= 4 is 21.8 Å². The molecule has 1 heterocycles. The van der Waals surface area contributed by atoms with Gasteiger partial charge in [-0.2, -0.15) is 0 Å². The lowest BCUT2D eigenvalue weighted by atomic mass is 10.2. The molecule has 0 bridgehead atoms. The highest BCUT2D eigenvalue weighted by Gasteiger charge is 2.04. The van der Waals surface area contributed by atoms with Crippen LogP contribution in [0.4, 0.5) is 0 Å². The van der Waals surface area contributed by atoms with Crippen molar-refractivity contribution in [3.63, 3.8) is 0 Å². The Morgan fingerprint density at radius 1 is 1.41 bits per heavy atom. The fourth-order valence-electron chi connectivity index (χ4n) is 1.24. The van der Waals surface area contributed by atoms with E-state index in [2.05, 4.69) is 31.5 Å². The molecule has 1 aromatic rings. The number of hydrogen-bond acceptors (Lipinski definition) is 3. The van der Waals surface area contributed by atoms with Crippen molar-refractivity contribution < 1.29 is 4.79 Å². The second-order valence-corrected chi connectivity index (χ2v) is 4.89. The molecule has 0 atom stereocenters. The van der Waals surface area contributed by atoms with Crippen molar-refractivity contribution in [3.8, 4) is 0 Å². The van der Waals surface area contributed by atoms with Gasteiger partial charge in [-0.05, 0) is 28.1 Å². The summed E-state index contributed by atoms with van der Waals surface area (Å²) in [6.07, 6.45) is 0. The molecule has 0 spiro atoms. The van der Waals surface area contributed by atoms with Crippen LogP contribution in [0, 0.1) is 5.92 Å².